The number of likely N-dealkylation sites (tertiary alicyclic amines) is 2. The van der Waals surface area contributed by atoms with Gasteiger partial charge < -0.3 is 10.6 Å². The maximum Gasteiger partial charge on any atom is 0.260 e. The van der Waals surface area contributed by atoms with Crippen molar-refractivity contribution in [2.45, 2.75) is 48.0 Å². The molecule has 2 aliphatic heterocycles. The molecular weight excluding hydrogens is 431 g/mol. The zero-order valence-corrected chi connectivity index (χ0v) is 18.8. The van der Waals surface area contributed by atoms with E-state index in [-0.39, 0.29) is 25.9 Å². The first-order valence-electron chi connectivity index (χ1n) is 11.0. The number of carbonyl (C=O) groups is 1. The lowest BCUT2D eigenvalue weighted by molar-refractivity contribution is -0.148. The Morgan fingerprint density at radius 2 is 1.75 bits per heavy atom. The first kappa shape index (κ1) is 22.7. The van der Waals surface area contributed by atoms with Crippen molar-refractivity contribution >= 4 is 21.6 Å². The van der Waals surface area contributed by atoms with Crippen LogP contribution in [0.4, 0.5) is 10.2 Å². The van der Waals surface area contributed by atoms with Crippen molar-refractivity contribution in [3.63, 3.8) is 0 Å². The summed E-state index contributed by atoms with van der Waals surface area (Å²) in [6, 6.07) is 12.1. The van der Waals surface area contributed by atoms with E-state index in [4.69, 9.17) is 5.73 Å². The molecule has 2 N–H and O–H groups in total. The number of halogens is 1. The van der Waals surface area contributed by atoms with Crippen LogP contribution in [0.3, 0.4) is 0 Å². The van der Waals surface area contributed by atoms with E-state index in [1.54, 1.807) is 42.6 Å². The molecular formula is C23H29FN4O3S. The van der Waals surface area contributed by atoms with Gasteiger partial charge in [0, 0.05) is 51.8 Å². The molecule has 0 saturated carbocycles. The number of pyridine rings is 1. The number of carbonyl (C=O) groups excluding carboxylic acids is 1. The summed E-state index contributed by atoms with van der Waals surface area (Å²) in [5.41, 5.74) is 4.84. The summed E-state index contributed by atoms with van der Waals surface area (Å²) in [6.45, 7) is 2.12. The number of piperidine rings is 2. The molecule has 0 bridgehead atoms. The van der Waals surface area contributed by atoms with Crippen LogP contribution in [0.15, 0.2) is 53.6 Å². The third kappa shape index (κ3) is 4.78. The van der Waals surface area contributed by atoms with Crippen molar-refractivity contribution in [2.75, 3.05) is 31.9 Å². The predicted octanol–water partition coefficient (Wildman–Crippen LogP) is 2.43. The minimum absolute atomic E-state index is 0.134. The molecule has 2 saturated heterocycles. The fraction of sp³-hybridized carbons (Fsp3) is 0.478. The Labute approximate surface area is 188 Å². The van der Waals surface area contributed by atoms with Gasteiger partial charge in [0.15, 0.2) is 15.5 Å². The molecule has 1 amide bonds. The number of nitrogen functional groups attached to an aromatic ring is 1. The maximum atomic E-state index is 15.6. The molecule has 0 aliphatic carbocycles. The highest BCUT2D eigenvalue weighted by molar-refractivity contribution is 7.92. The van der Waals surface area contributed by atoms with Crippen molar-refractivity contribution in [3.8, 4) is 0 Å². The molecule has 32 heavy (non-hydrogen) atoms. The number of rotatable bonds is 5. The van der Waals surface area contributed by atoms with Crippen LogP contribution in [0.1, 0.15) is 31.2 Å². The van der Waals surface area contributed by atoms with Crippen LogP contribution in [0, 0.1) is 0 Å². The summed E-state index contributed by atoms with van der Waals surface area (Å²) < 4.78 is 41.2. The van der Waals surface area contributed by atoms with Crippen LogP contribution in [0.25, 0.3) is 0 Å². The number of hydrogen-bond donors (Lipinski definition) is 1. The van der Waals surface area contributed by atoms with E-state index in [0.717, 1.165) is 5.56 Å². The number of sulfone groups is 1. The minimum atomic E-state index is -3.44. The number of benzene rings is 1. The molecule has 3 heterocycles. The topological polar surface area (TPSA) is 96.6 Å². The van der Waals surface area contributed by atoms with Gasteiger partial charge in [-0.2, -0.15) is 0 Å². The summed E-state index contributed by atoms with van der Waals surface area (Å²) in [7, 11) is -3.44. The quantitative estimate of drug-likeness (QED) is 0.736. The molecule has 0 unspecified atom stereocenters. The van der Waals surface area contributed by atoms with Gasteiger partial charge in [-0.3, -0.25) is 9.69 Å². The lowest BCUT2D eigenvalue weighted by atomic mass is 9.90. The number of nitrogens with two attached hydrogens (primary N) is 1. The Kier molecular flexibility index (Phi) is 6.48. The van der Waals surface area contributed by atoms with Gasteiger partial charge in [-0.1, -0.05) is 18.2 Å². The molecule has 7 nitrogen and oxygen atoms in total. The van der Waals surface area contributed by atoms with Crippen molar-refractivity contribution < 1.29 is 17.6 Å². The number of hydrogen-bond acceptors (Lipinski definition) is 6. The molecule has 0 atom stereocenters. The highest BCUT2D eigenvalue weighted by atomic mass is 32.2. The van der Waals surface area contributed by atoms with Gasteiger partial charge in [0.05, 0.1) is 10.1 Å². The fourth-order valence-electron chi connectivity index (χ4n) is 4.59. The van der Waals surface area contributed by atoms with Crippen LogP contribution in [0.5, 0.6) is 0 Å². The third-order valence-corrected chi connectivity index (χ3v) is 8.80. The number of amides is 1. The Morgan fingerprint density at radius 3 is 2.38 bits per heavy atom. The van der Waals surface area contributed by atoms with Crippen molar-refractivity contribution in [1.29, 1.82) is 0 Å². The maximum absolute atomic E-state index is 15.6. The molecule has 1 aromatic heterocycles. The number of alkyl halides is 1. The Bertz CT molecular complexity index is 1050. The highest BCUT2D eigenvalue weighted by Gasteiger charge is 2.45. The summed E-state index contributed by atoms with van der Waals surface area (Å²) in [5.74, 6) is -0.0481. The molecule has 1 aromatic carbocycles. The van der Waals surface area contributed by atoms with Gasteiger partial charge in [-0.25, -0.2) is 17.8 Å². The normalized spacial score (nSPS) is 20.2. The molecule has 2 aromatic rings. The van der Waals surface area contributed by atoms with Gasteiger partial charge in [-0.05, 0) is 42.7 Å². The highest BCUT2D eigenvalue weighted by Crippen LogP contribution is 2.32. The Morgan fingerprint density at radius 1 is 1.09 bits per heavy atom. The first-order chi connectivity index (χ1) is 15.3. The van der Waals surface area contributed by atoms with Crippen molar-refractivity contribution in [3.05, 3.63) is 54.2 Å². The smallest absolute Gasteiger partial charge is 0.260 e. The molecule has 9 heteroatoms. The zero-order valence-electron chi connectivity index (χ0n) is 18.0. The van der Waals surface area contributed by atoms with Crippen molar-refractivity contribution in [1.82, 2.24) is 14.8 Å². The molecule has 2 aliphatic rings. The lowest BCUT2D eigenvalue weighted by Gasteiger charge is -2.40. The van der Waals surface area contributed by atoms with Gasteiger partial charge in [0.1, 0.15) is 5.82 Å². The first-order valence-corrected chi connectivity index (χ1v) is 12.5. The van der Waals surface area contributed by atoms with Crippen LogP contribution >= 0.6 is 0 Å². The van der Waals surface area contributed by atoms with Gasteiger partial charge in [-0.15, -0.1) is 0 Å². The summed E-state index contributed by atoms with van der Waals surface area (Å²) in [6.07, 6.45) is 2.58. The predicted molar refractivity (Wildman–Crippen MR) is 120 cm³/mol. The monoisotopic (exact) mass is 460 g/mol. The lowest BCUT2D eigenvalue weighted by Crippen LogP contribution is -2.54. The largest absolute Gasteiger partial charge is 0.384 e. The number of aromatic nitrogens is 1. The average Bonchev–Trinajstić information content (AvgIpc) is 2.81. The fourth-order valence-corrected chi connectivity index (χ4v) is 6.34. The SMILES string of the molecule is Nc1cc(CN2CCC(F)(C(=O)N3CCC(S(=O)(=O)c4ccccc4)CC3)CC2)ccn1. The van der Waals surface area contributed by atoms with Gasteiger partial charge >= 0.3 is 0 Å². The van der Waals surface area contributed by atoms with Crippen LogP contribution in [-0.2, 0) is 21.2 Å². The van der Waals surface area contributed by atoms with Crippen molar-refractivity contribution in [2.24, 2.45) is 0 Å². The van der Waals surface area contributed by atoms with Crippen LogP contribution < -0.4 is 5.73 Å². The Balaban J connectivity index is 1.31. The molecule has 4 rings (SSSR count). The van der Waals surface area contributed by atoms with Gasteiger partial charge in [0.25, 0.3) is 5.91 Å². The van der Waals surface area contributed by atoms with E-state index in [9.17, 15) is 13.2 Å². The van der Waals surface area contributed by atoms with Gasteiger partial charge in [0.2, 0.25) is 0 Å². The molecule has 0 spiro atoms. The number of nitrogens with zero attached hydrogens (tertiary/aromatic N) is 3. The number of anilines is 1. The summed E-state index contributed by atoms with van der Waals surface area (Å²) in [4.78, 5) is 20.9. The van der Waals surface area contributed by atoms with E-state index in [2.05, 4.69) is 9.88 Å². The van der Waals surface area contributed by atoms with E-state index in [0.29, 0.717) is 43.2 Å². The average molecular weight is 461 g/mol. The van der Waals surface area contributed by atoms with E-state index in [1.165, 1.54) is 4.90 Å². The van der Waals surface area contributed by atoms with E-state index in [1.807, 2.05) is 6.07 Å². The van der Waals surface area contributed by atoms with E-state index < -0.39 is 26.7 Å². The second-order valence-electron chi connectivity index (χ2n) is 8.68. The Hall–Kier alpha value is -2.52. The minimum Gasteiger partial charge on any atom is -0.384 e. The zero-order chi connectivity index (χ0) is 22.8. The second kappa shape index (κ2) is 9.15. The molecule has 172 valence electrons. The van der Waals surface area contributed by atoms with E-state index >= 15 is 4.39 Å². The molecule has 0 radical (unpaired) electrons. The van der Waals surface area contributed by atoms with Crippen LogP contribution in [0.2, 0.25) is 0 Å². The second-order valence-corrected chi connectivity index (χ2v) is 10.9. The van der Waals surface area contributed by atoms with Crippen LogP contribution in [-0.4, -0.2) is 66.2 Å². The third-order valence-electron chi connectivity index (χ3n) is 6.52. The molecule has 2 fully saturated rings. The summed E-state index contributed by atoms with van der Waals surface area (Å²) in [5, 5.41) is -0.542. The summed E-state index contributed by atoms with van der Waals surface area (Å²) >= 11 is 0. The standard InChI is InChI=1S/C23H29FN4O3S/c24-23(9-14-27(15-10-23)17-18-6-11-26-21(25)16-18)22(29)28-12-7-20(8-13-28)32(30,31)19-4-2-1-3-5-19/h1-6,11,16,20H,7-10,12-15,17H2,(H2,25,26).